The third-order valence-electron chi connectivity index (χ3n) is 4.61. The predicted molar refractivity (Wildman–Crippen MR) is 109 cm³/mol. The molecule has 0 aromatic heterocycles. The number of rotatable bonds is 14. The minimum atomic E-state index is -1.69. The van der Waals surface area contributed by atoms with Crippen LogP contribution in [0, 0.1) is 0 Å². The molecular weight excluding hydrogens is 423 g/mol. The van der Waals surface area contributed by atoms with E-state index < -0.39 is 30.3 Å². The first-order valence-corrected chi connectivity index (χ1v) is 18.1. The fraction of sp³-hybridized carbons (Fsp3) is 0.800. The van der Waals surface area contributed by atoms with Crippen molar-refractivity contribution in [3.63, 3.8) is 0 Å². The van der Waals surface area contributed by atoms with Gasteiger partial charge in [-0.25, -0.2) is 9.59 Å². The summed E-state index contributed by atoms with van der Waals surface area (Å²) in [5.41, 5.74) is 0. The van der Waals surface area contributed by atoms with E-state index in [-0.39, 0.29) is 0 Å². The third-order valence-corrected chi connectivity index (χ3v) is 20.8. The van der Waals surface area contributed by atoms with Crippen molar-refractivity contribution < 1.29 is 19.8 Å². The molecule has 0 atom stereocenters. The molecule has 0 unspecified atom stereocenters. The van der Waals surface area contributed by atoms with Gasteiger partial charge in [-0.05, 0) is 0 Å². The van der Waals surface area contributed by atoms with Crippen molar-refractivity contribution in [3.8, 4) is 0 Å². The molecule has 0 aliphatic carbocycles. The number of aliphatic carboxylic acids is 2. The molecule has 0 aliphatic heterocycles. The van der Waals surface area contributed by atoms with Gasteiger partial charge in [-0.15, -0.1) is 0 Å². The van der Waals surface area contributed by atoms with Gasteiger partial charge >= 0.3 is 127 Å². The number of carboxylic acid groups (broad SMARTS) is 2. The summed E-state index contributed by atoms with van der Waals surface area (Å²) in [6.07, 6.45) is 12.9. The van der Waals surface area contributed by atoms with E-state index in [9.17, 15) is 9.59 Å². The topological polar surface area (TPSA) is 74.6 Å². The van der Waals surface area contributed by atoms with E-state index in [1.54, 1.807) is 17.7 Å². The van der Waals surface area contributed by atoms with E-state index in [1.165, 1.54) is 51.4 Å². The average Bonchev–Trinajstić information content (AvgIpc) is 2.59. The van der Waals surface area contributed by atoms with Crippen LogP contribution in [0.2, 0.25) is 17.7 Å². The zero-order chi connectivity index (χ0) is 19.6. The predicted octanol–water partition coefficient (Wildman–Crippen LogP) is 6.35. The molecule has 2 N–H and O–H groups in total. The Hall–Kier alpha value is -0.521. The van der Waals surface area contributed by atoms with Gasteiger partial charge in [0.25, 0.3) is 0 Å². The van der Waals surface area contributed by atoms with Gasteiger partial charge in [0.2, 0.25) is 0 Å². The van der Waals surface area contributed by atoms with E-state index in [0.717, 1.165) is 0 Å². The van der Waals surface area contributed by atoms with Gasteiger partial charge in [-0.1, -0.05) is 0 Å². The molecule has 0 radical (unpaired) electrons. The van der Waals surface area contributed by atoms with Crippen LogP contribution in [0.1, 0.15) is 79.1 Å². The van der Waals surface area contributed by atoms with Crippen molar-refractivity contribution in [3.05, 3.63) is 12.2 Å². The molecule has 148 valence electrons. The number of carboxylic acids is 2. The second-order valence-corrected chi connectivity index (χ2v) is 21.2. The Balaban J connectivity index is 0. The summed E-state index contributed by atoms with van der Waals surface area (Å²) < 4.78 is 6.80. The van der Waals surface area contributed by atoms with Crippen molar-refractivity contribution in [2.75, 3.05) is 0 Å². The molecule has 0 spiro atoms. The van der Waals surface area contributed by atoms with Crippen LogP contribution >= 0.6 is 0 Å². The first-order chi connectivity index (χ1) is 11.9. The fourth-order valence-corrected chi connectivity index (χ4v) is 20.0. The van der Waals surface area contributed by atoms with Crippen molar-refractivity contribution in [1.29, 1.82) is 0 Å². The Morgan fingerprint density at radius 1 is 0.640 bits per heavy atom. The molecule has 25 heavy (non-hydrogen) atoms. The zero-order valence-electron chi connectivity index (χ0n) is 16.9. The maximum atomic E-state index is 9.55. The molecule has 0 aromatic carbocycles. The summed E-state index contributed by atoms with van der Waals surface area (Å²) in [5.74, 6) is -2.51. The van der Waals surface area contributed by atoms with Crippen LogP contribution in [-0.2, 0) is 9.59 Å². The van der Waals surface area contributed by atoms with Crippen LogP contribution in [-0.4, -0.2) is 40.5 Å². The molecule has 0 bridgehead atoms. The standard InChI is InChI=1S/C4H4O4.4C4H9.Sn/c5-3(6)1-2-4(7)8;4*1-3-4-2;/h1-2H,(H,5,6)(H,7,8);4*1,3-4H2,2H3;/b2-1-;;;;;. The fourth-order valence-electron chi connectivity index (χ4n) is 3.10. The van der Waals surface area contributed by atoms with Gasteiger partial charge in [0.1, 0.15) is 0 Å². The summed E-state index contributed by atoms with van der Waals surface area (Å²) in [5, 5.41) is 15.6. The molecule has 0 rings (SSSR count). The summed E-state index contributed by atoms with van der Waals surface area (Å²) in [6.45, 7) is 9.48. The van der Waals surface area contributed by atoms with E-state index >= 15 is 0 Å². The van der Waals surface area contributed by atoms with Crippen molar-refractivity contribution in [1.82, 2.24) is 0 Å². The number of carbonyl (C=O) groups is 2. The second-order valence-electron chi connectivity index (χ2n) is 6.92. The Kier molecular flexibility index (Phi) is 19.5. The van der Waals surface area contributed by atoms with Crippen LogP contribution in [0.3, 0.4) is 0 Å². The quantitative estimate of drug-likeness (QED) is 0.233. The SMILES string of the molecule is CCC[CH2][Sn]([CH2]CCC)([CH2]CCC)[CH2]CCC.O=C(O)/C=C\C(=O)O. The Morgan fingerprint density at radius 2 is 0.880 bits per heavy atom. The molecule has 0 amide bonds. The molecule has 0 aromatic rings. The minimum absolute atomic E-state index is 0.558. The minimum Gasteiger partial charge on any atom is -0.478 e. The molecule has 0 saturated heterocycles. The van der Waals surface area contributed by atoms with E-state index in [4.69, 9.17) is 10.2 Å². The molecular formula is C20H40O4Sn. The number of hydrogen-bond donors (Lipinski definition) is 2. The number of hydrogen-bond acceptors (Lipinski definition) is 2. The molecule has 0 heterocycles. The van der Waals surface area contributed by atoms with Gasteiger partial charge < -0.3 is 10.2 Å². The van der Waals surface area contributed by atoms with Crippen LogP contribution < -0.4 is 0 Å². The molecule has 0 saturated carbocycles. The summed E-state index contributed by atoms with van der Waals surface area (Å²) in [4.78, 5) is 19.1. The van der Waals surface area contributed by atoms with Crippen LogP contribution in [0.25, 0.3) is 0 Å². The van der Waals surface area contributed by atoms with E-state index in [0.29, 0.717) is 12.2 Å². The maximum absolute atomic E-state index is 9.55. The summed E-state index contributed by atoms with van der Waals surface area (Å²) in [7, 11) is 0. The Bertz CT molecular complexity index is 313. The third kappa shape index (κ3) is 18.1. The van der Waals surface area contributed by atoms with Crippen LogP contribution in [0.15, 0.2) is 12.2 Å². The van der Waals surface area contributed by atoms with Crippen LogP contribution in [0.4, 0.5) is 0 Å². The van der Waals surface area contributed by atoms with Gasteiger partial charge in [-0.3, -0.25) is 0 Å². The normalized spacial score (nSPS) is 11.2. The van der Waals surface area contributed by atoms with Crippen molar-refractivity contribution in [2.45, 2.75) is 96.8 Å². The maximum Gasteiger partial charge on any atom is 0.328 e. The van der Waals surface area contributed by atoms with Crippen LogP contribution in [0.5, 0.6) is 0 Å². The monoisotopic (exact) mass is 464 g/mol. The smallest absolute Gasteiger partial charge is 0.328 e. The number of unbranched alkanes of at least 4 members (excludes halogenated alkanes) is 4. The van der Waals surface area contributed by atoms with Gasteiger partial charge in [-0.2, -0.15) is 0 Å². The van der Waals surface area contributed by atoms with Gasteiger partial charge in [0.15, 0.2) is 0 Å². The average molecular weight is 463 g/mol. The van der Waals surface area contributed by atoms with Gasteiger partial charge in [0.05, 0.1) is 0 Å². The Morgan fingerprint density at radius 3 is 1.04 bits per heavy atom. The zero-order valence-corrected chi connectivity index (χ0v) is 19.7. The molecule has 0 fully saturated rings. The van der Waals surface area contributed by atoms with Crippen molar-refractivity contribution in [2.24, 2.45) is 0 Å². The molecule has 4 nitrogen and oxygen atoms in total. The largest absolute Gasteiger partial charge is 0.478 e. The first-order valence-electron chi connectivity index (χ1n) is 10.0. The van der Waals surface area contributed by atoms with Gasteiger partial charge in [0, 0.05) is 12.2 Å². The summed E-state index contributed by atoms with van der Waals surface area (Å²) in [6, 6.07) is 0. The first kappa shape index (κ1) is 26.7. The summed E-state index contributed by atoms with van der Waals surface area (Å²) >= 11 is -1.69. The second kappa shape index (κ2) is 18.3. The van der Waals surface area contributed by atoms with E-state index in [2.05, 4.69) is 27.7 Å². The van der Waals surface area contributed by atoms with Crippen molar-refractivity contribution >= 4 is 30.3 Å². The van der Waals surface area contributed by atoms with E-state index in [1.807, 2.05) is 0 Å². The Labute approximate surface area is 159 Å². The molecule has 5 heteroatoms. The molecule has 0 aliphatic rings.